The number of fused-ring (bicyclic) bond motifs is 1. The Hall–Kier alpha value is -0.680. The SMILES string of the molecule is O=c1c2ccsc2ncn1CC1(CBr)CCC1. The smallest absolute Gasteiger partial charge is 0.262 e. The average molecular weight is 313 g/mol. The molecule has 0 aliphatic heterocycles. The first-order chi connectivity index (χ1) is 8.24. The minimum Gasteiger partial charge on any atom is -0.298 e. The standard InChI is InChI=1S/C12H13BrN2OS/c13-6-12(3-1-4-12)7-15-8-14-10-9(11(15)16)2-5-17-10/h2,5,8H,1,3-4,6-7H2. The zero-order valence-corrected chi connectivity index (χ0v) is 11.8. The summed E-state index contributed by atoms with van der Waals surface area (Å²) in [5.41, 5.74) is 0.373. The van der Waals surface area contributed by atoms with Crippen molar-refractivity contribution in [3.8, 4) is 0 Å². The van der Waals surface area contributed by atoms with Crippen molar-refractivity contribution in [1.82, 2.24) is 9.55 Å². The van der Waals surface area contributed by atoms with Crippen molar-refractivity contribution >= 4 is 37.5 Å². The first-order valence-electron chi connectivity index (χ1n) is 5.73. The molecule has 0 atom stereocenters. The maximum atomic E-state index is 12.2. The summed E-state index contributed by atoms with van der Waals surface area (Å²) in [5, 5.41) is 3.64. The average Bonchev–Trinajstić information content (AvgIpc) is 2.75. The molecule has 0 radical (unpaired) electrons. The van der Waals surface area contributed by atoms with Crippen molar-refractivity contribution in [2.75, 3.05) is 5.33 Å². The summed E-state index contributed by atoms with van der Waals surface area (Å²) in [6.45, 7) is 0.788. The van der Waals surface area contributed by atoms with E-state index in [9.17, 15) is 4.79 Å². The molecule has 0 saturated heterocycles. The lowest BCUT2D eigenvalue weighted by Crippen LogP contribution is -2.39. The lowest BCUT2D eigenvalue weighted by Gasteiger charge is -2.40. The Balaban J connectivity index is 2.00. The van der Waals surface area contributed by atoms with E-state index in [4.69, 9.17) is 0 Å². The van der Waals surface area contributed by atoms with Gasteiger partial charge < -0.3 is 0 Å². The van der Waals surface area contributed by atoms with Crippen molar-refractivity contribution in [2.24, 2.45) is 5.41 Å². The summed E-state index contributed by atoms with van der Waals surface area (Å²) in [6.07, 6.45) is 5.37. The molecule has 0 aromatic carbocycles. The summed E-state index contributed by atoms with van der Waals surface area (Å²) < 4.78 is 1.77. The molecule has 1 fully saturated rings. The van der Waals surface area contributed by atoms with E-state index in [1.165, 1.54) is 30.6 Å². The van der Waals surface area contributed by atoms with E-state index in [1.54, 1.807) is 10.9 Å². The highest BCUT2D eigenvalue weighted by Gasteiger charge is 2.36. The fourth-order valence-electron chi connectivity index (χ4n) is 2.38. The Kier molecular flexibility index (Phi) is 2.83. The van der Waals surface area contributed by atoms with Gasteiger partial charge in [-0.3, -0.25) is 9.36 Å². The Labute approximate surface area is 112 Å². The molecule has 1 aliphatic carbocycles. The molecule has 5 heteroatoms. The van der Waals surface area contributed by atoms with Gasteiger partial charge in [-0.1, -0.05) is 22.4 Å². The summed E-state index contributed by atoms with van der Waals surface area (Å²) >= 11 is 5.09. The van der Waals surface area contributed by atoms with Crippen molar-refractivity contribution in [3.63, 3.8) is 0 Å². The molecule has 0 unspecified atom stereocenters. The highest BCUT2D eigenvalue weighted by molar-refractivity contribution is 9.09. The van der Waals surface area contributed by atoms with Crippen LogP contribution in [-0.4, -0.2) is 14.9 Å². The molecular weight excluding hydrogens is 300 g/mol. The number of alkyl halides is 1. The van der Waals surface area contributed by atoms with Crippen LogP contribution in [0, 0.1) is 5.41 Å². The van der Waals surface area contributed by atoms with E-state index < -0.39 is 0 Å². The summed E-state index contributed by atoms with van der Waals surface area (Å²) in [4.78, 5) is 17.4. The number of rotatable bonds is 3. The van der Waals surface area contributed by atoms with Crippen molar-refractivity contribution < 1.29 is 0 Å². The molecule has 2 aromatic heterocycles. The van der Waals surface area contributed by atoms with Crippen molar-refractivity contribution in [1.29, 1.82) is 0 Å². The van der Waals surface area contributed by atoms with Crippen LogP contribution in [0.4, 0.5) is 0 Å². The predicted molar refractivity (Wildman–Crippen MR) is 74.0 cm³/mol. The number of nitrogens with zero attached hydrogens (tertiary/aromatic N) is 2. The zero-order valence-electron chi connectivity index (χ0n) is 9.36. The molecular formula is C12H13BrN2OS. The molecule has 0 amide bonds. The molecule has 90 valence electrons. The quantitative estimate of drug-likeness (QED) is 0.817. The van der Waals surface area contributed by atoms with Gasteiger partial charge in [-0.2, -0.15) is 0 Å². The van der Waals surface area contributed by atoms with Crippen LogP contribution in [0.25, 0.3) is 10.2 Å². The largest absolute Gasteiger partial charge is 0.298 e. The van der Waals surface area contributed by atoms with Crippen LogP contribution >= 0.6 is 27.3 Å². The Morgan fingerprint density at radius 1 is 1.53 bits per heavy atom. The maximum absolute atomic E-state index is 12.2. The first-order valence-corrected chi connectivity index (χ1v) is 7.73. The van der Waals surface area contributed by atoms with Gasteiger partial charge in [0.05, 0.1) is 11.7 Å². The Morgan fingerprint density at radius 3 is 3.00 bits per heavy atom. The van der Waals surface area contributed by atoms with Crippen LogP contribution in [0.3, 0.4) is 0 Å². The summed E-state index contributed by atoms with van der Waals surface area (Å²) in [6, 6.07) is 1.87. The number of thiophene rings is 1. The normalized spacial score (nSPS) is 18.2. The highest BCUT2D eigenvalue weighted by atomic mass is 79.9. The third-order valence-electron chi connectivity index (χ3n) is 3.65. The molecule has 2 heterocycles. The second-order valence-electron chi connectivity index (χ2n) is 4.80. The van der Waals surface area contributed by atoms with Gasteiger partial charge in [0.1, 0.15) is 4.83 Å². The van der Waals surface area contributed by atoms with Crippen LogP contribution in [-0.2, 0) is 6.54 Å². The predicted octanol–water partition coefficient (Wildman–Crippen LogP) is 3.02. The molecule has 0 spiro atoms. The van der Waals surface area contributed by atoms with Gasteiger partial charge in [0, 0.05) is 11.9 Å². The van der Waals surface area contributed by atoms with Gasteiger partial charge >= 0.3 is 0 Å². The van der Waals surface area contributed by atoms with E-state index in [-0.39, 0.29) is 11.0 Å². The molecule has 3 rings (SSSR count). The van der Waals surface area contributed by atoms with E-state index in [0.29, 0.717) is 0 Å². The van der Waals surface area contributed by atoms with Gasteiger partial charge in [0.25, 0.3) is 5.56 Å². The number of aromatic nitrogens is 2. The molecule has 0 bridgehead atoms. The van der Waals surface area contributed by atoms with Gasteiger partial charge in [-0.15, -0.1) is 11.3 Å². The van der Waals surface area contributed by atoms with E-state index in [0.717, 1.165) is 22.1 Å². The lowest BCUT2D eigenvalue weighted by molar-refractivity contribution is 0.138. The third kappa shape index (κ3) is 1.85. The van der Waals surface area contributed by atoms with Crippen molar-refractivity contribution in [3.05, 3.63) is 28.1 Å². The number of halogens is 1. The van der Waals surface area contributed by atoms with Crippen LogP contribution in [0.15, 0.2) is 22.6 Å². The molecule has 3 nitrogen and oxygen atoms in total. The maximum Gasteiger partial charge on any atom is 0.262 e. The van der Waals surface area contributed by atoms with Crippen LogP contribution in [0.2, 0.25) is 0 Å². The number of hydrogen-bond acceptors (Lipinski definition) is 3. The summed E-state index contributed by atoms with van der Waals surface area (Å²) in [5.74, 6) is 0. The second-order valence-corrected chi connectivity index (χ2v) is 6.26. The fourth-order valence-corrected chi connectivity index (χ4v) is 3.84. The van der Waals surface area contributed by atoms with Gasteiger partial charge in [0.2, 0.25) is 0 Å². The second kappa shape index (κ2) is 4.21. The molecule has 1 saturated carbocycles. The van der Waals surface area contributed by atoms with E-state index in [1.807, 2.05) is 11.4 Å². The first kappa shape index (κ1) is 11.4. The monoisotopic (exact) mass is 312 g/mol. The van der Waals surface area contributed by atoms with E-state index in [2.05, 4.69) is 20.9 Å². The summed E-state index contributed by atoms with van der Waals surface area (Å²) in [7, 11) is 0. The molecule has 17 heavy (non-hydrogen) atoms. The van der Waals surface area contributed by atoms with Crippen LogP contribution in [0.5, 0.6) is 0 Å². The fraction of sp³-hybridized carbons (Fsp3) is 0.500. The minimum atomic E-state index is 0.100. The molecule has 1 aliphatic rings. The number of hydrogen-bond donors (Lipinski definition) is 0. The van der Waals surface area contributed by atoms with Crippen LogP contribution < -0.4 is 5.56 Å². The minimum absolute atomic E-state index is 0.100. The zero-order chi connectivity index (χ0) is 11.9. The topological polar surface area (TPSA) is 34.9 Å². The lowest BCUT2D eigenvalue weighted by atomic mass is 9.70. The van der Waals surface area contributed by atoms with Crippen LogP contribution in [0.1, 0.15) is 19.3 Å². The van der Waals surface area contributed by atoms with E-state index >= 15 is 0 Å². The van der Waals surface area contributed by atoms with Gasteiger partial charge in [-0.25, -0.2) is 4.98 Å². The van der Waals surface area contributed by atoms with Gasteiger partial charge in [-0.05, 0) is 29.7 Å². The van der Waals surface area contributed by atoms with Crippen molar-refractivity contribution in [2.45, 2.75) is 25.8 Å². The molecule has 2 aromatic rings. The van der Waals surface area contributed by atoms with Gasteiger partial charge in [0.15, 0.2) is 0 Å². The molecule has 0 N–H and O–H groups in total. The Morgan fingerprint density at radius 2 is 2.35 bits per heavy atom. The highest BCUT2D eigenvalue weighted by Crippen LogP contribution is 2.43. The Bertz CT molecular complexity index is 594. The third-order valence-corrected chi connectivity index (χ3v) is 5.66.